The first kappa shape index (κ1) is 16.3. The molecule has 0 bridgehead atoms. The number of hydrogen-bond donors (Lipinski definition) is 1. The fraction of sp³-hybridized carbons (Fsp3) is 1.00. The van der Waals surface area contributed by atoms with E-state index >= 15 is 0 Å². The van der Waals surface area contributed by atoms with Crippen LogP contribution in [0.4, 0.5) is 0 Å². The Morgan fingerprint density at radius 3 is 2.40 bits per heavy atom. The summed E-state index contributed by atoms with van der Waals surface area (Å²) in [6, 6.07) is 0.757. The summed E-state index contributed by atoms with van der Waals surface area (Å²) < 4.78 is 0. The minimum atomic E-state index is 0.747. The number of nitrogens with two attached hydrogens (primary N) is 1. The molecule has 2 aliphatic carbocycles. The summed E-state index contributed by atoms with van der Waals surface area (Å²) in [4.78, 5) is 2.69. The van der Waals surface area contributed by atoms with Crippen LogP contribution in [0.1, 0.15) is 71.1 Å². The number of rotatable bonds is 6. The van der Waals surface area contributed by atoms with Gasteiger partial charge in [0.2, 0.25) is 0 Å². The second-order valence-corrected chi connectivity index (χ2v) is 7.47. The van der Waals surface area contributed by atoms with Crippen molar-refractivity contribution in [2.75, 3.05) is 20.1 Å². The highest BCUT2D eigenvalue weighted by Crippen LogP contribution is 2.35. The zero-order chi connectivity index (χ0) is 14.4. The Bertz CT molecular complexity index is 260. The molecule has 0 aromatic rings. The van der Waals surface area contributed by atoms with E-state index in [0.29, 0.717) is 0 Å². The van der Waals surface area contributed by atoms with Crippen molar-refractivity contribution in [3.8, 4) is 0 Å². The van der Waals surface area contributed by atoms with Crippen molar-refractivity contribution in [1.29, 1.82) is 0 Å². The van der Waals surface area contributed by atoms with E-state index in [-0.39, 0.29) is 0 Å². The first-order valence-corrected chi connectivity index (χ1v) is 9.14. The molecule has 2 heteroatoms. The Hall–Kier alpha value is -0.0800. The monoisotopic (exact) mass is 280 g/mol. The van der Waals surface area contributed by atoms with Crippen LogP contribution in [0.5, 0.6) is 0 Å². The Labute approximate surface area is 126 Å². The van der Waals surface area contributed by atoms with E-state index in [9.17, 15) is 0 Å². The molecule has 0 heterocycles. The van der Waals surface area contributed by atoms with E-state index in [2.05, 4.69) is 18.9 Å². The van der Waals surface area contributed by atoms with Crippen molar-refractivity contribution in [3.05, 3.63) is 0 Å². The molecular weight excluding hydrogens is 244 g/mol. The highest BCUT2D eigenvalue weighted by atomic mass is 15.1. The van der Waals surface area contributed by atoms with Gasteiger partial charge in [-0.15, -0.1) is 0 Å². The predicted octanol–water partition coefficient (Wildman–Crippen LogP) is 4.04. The molecule has 2 N–H and O–H groups in total. The average Bonchev–Trinajstić information content (AvgIpc) is 2.48. The second-order valence-electron chi connectivity index (χ2n) is 7.47. The molecule has 0 aliphatic heterocycles. The normalized spacial score (nSPS) is 32.7. The van der Waals surface area contributed by atoms with Gasteiger partial charge in [-0.05, 0) is 57.0 Å². The largest absolute Gasteiger partial charge is 0.330 e. The van der Waals surface area contributed by atoms with Gasteiger partial charge in [-0.1, -0.05) is 45.4 Å². The molecular formula is C18H36N2. The molecule has 0 radical (unpaired) electrons. The third-order valence-corrected chi connectivity index (χ3v) is 5.90. The molecule has 2 aliphatic rings. The van der Waals surface area contributed by atoms with Crippen LogP contribution in [-0.2, 0) is 0 Å². The van der Waals surface area contributed by atoms with E-state index in [1.165, 1.54) is 70.8 Å². The first-order chi connectivity index (χ1) is 9.74. The van der Waals surface area contributed by atoms with Crippen molar-refractivity contribution >= 4 is 0 Å². The molecule has 20 heavy (non-hydrogen) atoms. The van der Waals surface area contributed by atoms with Gasteiger partial charge in [0.25, 0.3) is 0 Å². The molecule has 2 saturated carbocycles. The van der Waals surface area contributed by atoms with Gasteiger partial charge >= 0.3 is 0 Å². The molecule has 3 atom stereocenters. The quantitative estimate of drug-likeness (QED) is 0.795. The van der Waals surface area contributed by atoms with Gasteiger partial charge in [-0.3, -0.25) is 0 Å². The van der Waals surface area contributed by atoms with E-state index in [1.54, 1.807) is 0 Å². The highest BCUT2D eigenvalue weighted by molar-refractivity contribution is 4.87. The third kappa shape index (κ3) is 4.46. The van der Waals surface area contributed by atoms with Crippen molar-refractivity contribution in [2.45, 2.75) is 77.2 Å². The summed E-state index contributed by atoms with van der Waals surface area (Å²) in [5.41, 5.74) is 6.06. The molecule has 118 valence electrons. The van der Waals surface area contributed by atoms with Crippen LogP contribution in [0.25, 0.3) is 0 Å². The summed E-state index contributed by atoms with van der Waals surface area (Å²) in [5, 5.41) is 0. The molecule has 0 spiro atoms. The lowest BCUT2D eigenvalue weighted by atomic mass is 9.75. The van der Waals surface area contributed by atoms with Gasteiger partial charge in [0.15, 0.2) is 0 Å². The maximum absolute atomic E-state index is 6.06. The van der Waals surface area contributed by atoms with Crippen LogP contribution < -0.4 is 5.73 Å². The Balaban J connectivity index is 1.87. The van der Waals surface area contributed by atoms with Crippen molar-refractivity contribution in [2.24, 2.45) is 23.5 Å². The van der Waals surface area contributed by atoms with Crippen LogP contribution in [0.3, 0.4) is 0 Å². The smallest absolute Gasteiger partial charge is 0.0135 e. The van der Waals surface area contributed by atoms with Crippen LogP contribution in [0, 0.1) is 17.8 Å². The van der Waals surface area contributed by atoms with Gasteiger partial charge in [-0.2, -0.15) is 0 Å². The fourth-order valence-electron chi connectivity index (χ4n) is 4.69. The summed E-state index contributed by atoms with van der Waals surface area (Å²) in [5.74, 6) is 2.66. The summed E-state index contributed by atoms with van der Waals surface area (Å²) in [6.45, 7) is 4.54. The van der Waals surface area contributed by atoms with Gasteiger partial charge in [0.05, 0.1) is 0 Å². The van der Waals surface area contributed by atoms with Crippen LogP contribution in [0.2, 0.25) is 0 Å². The lowest BCUT2D eigenvalue weighted by Crippen LogP contribution is -2.46. The van der Waals surface area contributed by atoms with E-state index in [1.807, 2.05) is 0 Å². The molecule has 2 fully saturated rings. The topological polar surface area (TPSA) is 29.3 Å². The molecule has 0 aromatic heterocycles. The van der Waals surface area contributed by atoms with Gasteiger partial charge in [-0.25, -0.2) is 0 Å². The van der Waals surface area contributed by atoms with Crippen molar-refractivity contribution < 1.29 is 0 Å². The maximum atomic E-state index is 6.06. The highest BCUT2D eigenvalue weighted by Gasteiger charge is 2.32. The van der Waals surface area contributed by atoms with E-state index in [0.717, 1.165) is 30.3 Å². The summed E-state index contributed by atoms with van der Waals surface area (Å²) >= 11 is 0. The van der Waals surface area contributed by atoms with Crippen LogP contribution in [-0.4, -0.2) is 31.1 Å². The lowest BCUT2D eigenvalue weighted by molar-refractivity contribution is 0.0811. The minimum Gasteiger partial charge on any atom is -0.330 e. The van der Waals surface area contributed by atoms with Gasteiger partial charge in [0, 0.05) is 12.6 Å². The van der Waals surface area contributed by atoms with Crippen LogP contribution >= 0.6 is 0 Å². The second kappa shape index (κ2) is 8.38. The van der Waals surface area contributed by atoms with Gasteiger partial charge in [0.1, 0.15) is 0 Å². The number of hydrogen-bond acceptors (Lipinski definition) is 2. The fourth-order valence-corrected chi connectivity index (χ4v) is 4.69. The maximum Gasteiger partial charge on any atom is 0.0135 e. The number of nitrogens with zero attached hydrogens (tertiary/aromatic N) is 1. The summed E-state index contributed by atoms with van der Waals surface area (Å²) in [6.07, 6.45) is 14.3. The molecule has 2 rings (SSSR count). The average molecular weight is 281 g/mol. The van der Waals surface area contributed by atoms with Crippen molar-refractivity contribution in [1.82, 2.24) is 4.90 Å². The van der Waals surface area contributed by atoms with Crippen LogP contribution in [0.15, 0.2) is 0 Å². The lowest BCUT2D eigenvalue weighted by Gasteiger charge is -2.42. The Morgan fingerprint density at radius 2 is 1.75 bits per heavy atom. The molecule has 0 amide bonds. The predicted molar refractivity (Wildman–Crippen MR) is 87.8 cm³/mol. The van der Waals surface area contributed by atoms with Gasteiger partial charge < -0.3 is 10.6 Å². The summed E-state index contributed by atoms with van der Waals surface area (Å²) in [7, 11) is 2.37. The molecule has 0 saturated heterocycles. The minimum absolute atomic E-state index is 0.747. The first-order valence-electron chi connectivity index (χ1n) is 9.14. The Kier molecular flexibility index (Phi) is 6.83. The third-order valence-electron chi connectivity index (χ3n) is 5.90. The molecule has 3 unspecified atom stereocenters. The molecule has 0 aromatic carbocycles. The standard InChI is InChI=1S/C18H36N2/c1-3-7-15-10-11-17(13-19)18(12-15)20(2)14-16-8-5-4-6-9-16/h15-18H,3-14,19H2,1-2H3. The molecule has 2 nitrogen and oxygen atoms in total. The van der Waals surface area contributed by atoms with E-state index in [4.69, 9.17) is 5.73 Å². The SMILES string of the molecule is CCCC1CCC(CN)C(N(C)CC2CCCCC2)C1. The zero-order valence-corrected chi connectivity index (χ0v) is 13.8. The van der Waals surface area contributed by atoms with Crippen molar-refractivity contribution in [3.63, 3.8) is 0 Å². The Morgan fingerprint density at radius 1 is 1.00 bits per heavy atom. The zero-order valence-electron chi connectivity index (χ0n) is 13.8. The van der Waals surface area contributed by atoms with E-state index < -0.39 is 0 Å².